The Morgan fingerprint density at radius 3 is 2.37 bits per heavy atom. The molecule has 6 nitrogen and oxygen atoms in total. The molecule has 2 atom stereocenters. The average molecular weight is 490 g/mol. The van der Waals surface area contributed by atoms with Gasteiger partial charge in [-0.15, -0.1) is 0 Å². The van der Waals surface area contributed by atoms with Crippen LogP contribution in [0.3, 0.4) is 0 Å². The number of urea groups is 1. The van der Waals surface area contributed by atoms with Gasteiger partial charge in [-0.05, 0) is 74.2 Å². The van der Waals surface area contributed by atoms with Crippen LogP contribution in [-0.2, 0) is 11.2 Å². The number of anilines is 1. The standard InChI is InChI=1S/C26H30F3N3O3/c1-15-10-17-13-18(30-25(35)31(4)5)7-8-19(17)24(32(15)14-26(2,3)29)23-20(27)11-16(12-21(23)28)6-9-22(33)34/h6-9,11-13,15,24H,10,14H2,1-5H3,(H,30,35)(H,33,34)/b9-6+. The maximum absolute atomic E-state index is 15.4. The molecule has 188 valence electrons. The lowest BCUT2D eigenvalue weighted by Gasteiger charge is -2.44. The van der Waals surface area contributed by atoms with Crippen LogP contribution < -0.4 is 5.32 Å². The van der Waals surface area contributed by atoms with Gasteiger partial charge in [0.1, 0.15) is 17.3 Å². The molecule has 0 spiro atoms. The zero-order valence-electron chi connectivity index (χ0n) is 20.4. The van der Waals surface area contributed by atoms with Gasteiger partial charge in [0.25, 0.3) is 0 Å². The molecule has 2 N–H and O–H groups in total. The predicted molar refractivity (Wildman–Crippen MR) is 129 cm³/mol. The van der Waals surface area contributed by atoms with Crippen molar-refractivity contribution in [3.63, 3.8) is 0 Å². The van der Waals surface area contributed by atoms with Gasteiger partial charge in [0.05, 0.1) is 6.04 Å². The molecule has 2 unspecified atom stereocenters. The van der Waals surface area contributed by atoms with Crippen LogP contribution in [0.1, 0.15) is 49.1 Å². The van der Waals surface area contributed by atoms with E-state index in [1.807, 2.05) is 6.92 Å². The van der Waals surface area contributed by atoms with E-state index < -0.39 is 29.3 Å². The SMILES string of the molecule is CC1Cc2cc(NC(=O)N(C)C)ccc2C(c2c(F)cc(/C=C/C(=O)O)cc2F)N1CC(C)(C)F. The summed E-state index contributed by atoms with van der Waals surface area (Å²) < 4.78 is 45.6. The third kappa shape index (κ3) is 6.22. The van der Waals surface area contributed by atoms with Crippen LogP contribution in [0.15, 0.2) is 36.4 Å². The van der Waals surface area contributed by atoms with Gasteiger partial charge < -0.3 is 15.3 Å². The Kier molecular flexibility index (Phi) is 7.59. The van der Waals surface area contributed by atoms with Crippen molar-refractivity contribution in [2.75, 3.05) is 26.0 Å². The lowest BCUT2D eigenvalue weighted by molar-refractivity contribution is -0.131. The first kappa shape index (κ1) is 26.3. The van der Waals surface area contributed by atoms with E-state index in [2.05, 4.69) is 5.32 Å². The molecule has 0 bridgehead atoms. The Balaban J connectivity index is 2.14. The highest BCUT2D eigenvalue weighted by molar-refractivity contribution is 5.89. The van der Waals surface area contributed by atoms with Gasteiger partial charge in [0.2, 0.25) is 0 Å². The smallest absolute Gasteiger partial charge is 0.328 e. The number of hydrogen-bond donors (Lipinski definition) is 2. The van der Waals surface area contributed by atoms with Crippen molar-refractivity contribution in [1.82, 2.24) is 9.80 Å². The van der Waals surface area contributed by atoms with E-state index in [4.69, 9.17) is 5.11 Å². The van der Waals surface area contributed by atoms with Crippen LogP contribution in [0.2, 0.25) is 0 Å². The lowest BCUT2D eigenvalue weighted by Crippen LogP contribution is -2.48. The molecule has 0 aliphatic carbocycles. The van der Waals surface area contributed by atoms with Crippen molar-refractivity contribution < 1.29 is 27.9 Å². The zero-order valence-corrected chi connectivity index (χ0v) is 20.4. The maximum Gasteiger partial charge on any atom is 0.328 e. The Morgan fingerprint density at radius 1 is 1.20 bits per heavy atom. The molecule has 2 aromatic rings. The van der Waals surface area contributed by atoms with Gasteiger partial charge in [-0.25, -0.2) is 22.8 Å². The Hall–Kier alpha value is -3.33. The van der Waals surface area contributed by atoms with E-state index in [0.717, 1.165) is 29.8 Å². The number of carboxylic acids is 1. The van der Waals surface area contributed by atoms with Crippen LogP contribution in [0.25, 0.3) is 6.08 Å². The van der Waals surface area contributed by atoms with Gasteiger partial charge in [-0.3, -0.25) is 4.90 Å². The molecular weight excluding hydrogens is 459 g/mol. The fourth-order valence-corrected chi connectivity index (χ4v) is 4.36. The minimum Gasteiger partial charge on any atom is -0.478 e. The molecule has 35 heavy (non-hydrogen) atoms. The number of halogens is 3. The van der Waals surface area contributed by atoms with Crippen molar-refractivity contribution in [3.8, 4) is 0 Å². The second-order valence-electron chi connectivity index (χ2n) is 9.65. The summed E-state index contributed by atoms with van der Waals surface area (Å²) in [6.07, 6.45) is 2.40. The highest BCUT2D eigenvalue weighted by Crippen LogP contribution is 2.42. The Morgan fingerprint density at radius 2 is 1.83 bits per heavy atom. The summed E-state index contributed by atoms with van der Waals surface area (Å²) in [6, 6.07) is 5.79. The van der Waals surface area contributed by atoms with E-state index in [-0.39, 0.29) is 29.7 Å². The second kappa shape index (κ2) is 10.1. The quantitative estimate of drug-likeness (QED) is 0.545. The molecule has 2 amide bonds. The maximum atomic E-state index is 15.4. The van der Waals surface area contributed by atoms with E-state index in [0.29, 0.717) is 17.7 Å². The summed E-state index contributed by atoms with van der Waals surface area (Å²) >= 11 is 0. The summed E-state index contributed by atoms with van der Waals surface area (Å²) in [7, 11) is 3.23. The van der Waals surface area contributed by atoms with Gasteiger partial charge in [-0.2, -0.15) is 0 Å². The number of carboxylic acid groups (broad SMARTS) is 1. The van der Waals surface area contributed by atoms with Gasteiger partial charge in [0, 0.05) is 44.0 Å². The summed E-state index contributed by atoms with van der Waals surface area (Å²) in [4.78, 5) is 26.0. The van der Waals surface area contributed by atoms with Gasteiger partial charge in [-0.1, -0.05) is 6.07 Å². The molecule has 0 saturated heterocycles. The summed E-state index contributed by atoms with van der Waals surface area (Å²) in [5.74, 6) is -2.95. The van der Waals surface area contributed by atoms with Crippen molar-refractivity contribution in [1.29, 1.82) is 0 Å². The number of benzene rings is 2. The van der Waals surface area contributed by atoms with Gasteiger partial charge in [0.15, 0.2) is 0 Å². The molecule has 0 aromatic heterocycles. The number of carbonyl (C=O) groups is 2. The van der Waals surface area contributed by atoms with Crippen molar-refractivity contribution in [2.24, 2.45) is 0 Å². The van der Waals surface area contributed by atoms with Crippen molar-refractivity contribution in [3.05, 3.63) is 70.3 Å². The zero-order chi connectivity index (χ0) is 26.1. The van der Waals surface area contributed by atoms with Crippen molar-refractivity contribution in [2.45, 2.75) is 44.9 Å². The number of alkyl halides is 1. The summed E-state index contributed by atoms with van der Waals surface area (Å²) in [5.41, 5.74) is 0.153. The van der Waals surface area contributed by atoms with Crippen LogP contribution in [0, 0.1) is 11.6 Å². The first-order valence-corrected chi connectivity index (χ1v) is 11.2. The number of fused-ring (bicyclic) bond motifs is 1. The normalized spacial score (nSPS) is 18.4. The molecule has 3 rings (SSSR count). The Bertz CT molecular complexity index is 1140. The number of nitrogens with one attached hydrogen (secondary N) is 1. The second-order valence-corrected chi connectivity index (χ2v) is 9.65. The van der Waals surface area contributed by atoms with E-state index in [9.17, 15) is 14.0 Å². The third-order valence-corrected chi connectivity index (χ3v) is 5.86. The topological polar surface area (TPSA) is 72.9 Å². The Labute approximate surface area is 203 Å². The first-order valence-electron chi connectivity index (χ1n) is 11.2. The molecule has 0 saturated carbocycles. The molecule has 0 fully saturated rings. The molecule has 1 aliphatic heterocycles. The molecule has 1 aliphatic rings. The van der Waals surface area contributed by atoms with Crippen LogP contribution in [-0.4, -0.2) is 59.3 Å². The molecule has 1 heterocycles. The van der Waals surface area contributed by atoms with E-state index >= 15 is 8.78 Å². The minimum absolute atomic E-state index is 0.0586. The number of nitrogens with zero attached hydrogens (tertiary/aromatic N) is 2. The van der Waals surface area contributed by atoms with Crippen LogP contribution >= 0.6 is 0 Å². The molecule has 9 heteroatoms. The lowest BCUT2D eigenvalue weighted by atomic mass is 9.83. The first-order chi connectivity index (χ1) is 16.3. The molecule has 2 aromatic carbocycles. The van der Waals surface area contributed by atoms with Gasteiger partial charge >= 0.3 is 12.0 Å². The summed E-state index contributed by atoms with van der Waals surface area (Å²) in [5, 5.41) is 11.6. The number of amides is 2. The monoisotopic (exact) mass is 489 g/mol. The highest BCUT2D eigenvalue weighted by atomic mass is 19.1. The number of hydrogen-bond acceptors (Lipinski definition) is 3. The van der Waals surface area contributed by atoms with Crippen LogP contribution in [0.4, 0.5) is 23.7 Å². The average Bonchev–Trinajstić information content (AvgIpc) is 2.72. The predicted octanol–water partition coefficient (Wildman–Crippen LogP) is 5.24. The number of aliphatic carboxylic acids is 1. The molecule has 0 radical (unpaired) electrons. The third-order valence-electron chi connectivity index (χ3n) is 5.86. The summed E-state index contributed by atoms with van der Waals surface area (Å²) in [6.45, 7) is 4.64. The fraction of sp³-hybridized carbons (Fsp3) is 0.385. The largest absolute Gasteiger partial charge is 0.478 e. The van der Waals surface area contributed by atoms with Crippen LogP contribution in [0.5, 0.6) is 0 Å². The molecular formula is C26H30F3N3O3. The fourth-order valence-electron chi connectivity index (χ4n) is 4.36. The van der Waals surface area contributed by atoms with E-state index in [1.165, 1.54) is 18.7 Å². The van der Waals surface area contributed by atoms with E-state index in [1.54, 1.807) is 37.2 Å². The van der Waals surface area contributed by atoms with Crippen molar-refractivity contribution >= 4 is 23.8 Å². The minimum atomic E-state index is -1.62. The number of carbonyl (C=O) groups excluding carboxylic acids is 1. The highest BCUT2D eigenvalue weighted by Gasteiger charge is 2.39. The number of rotatable bonds is 6.